The van der Waals surface area contributed by atoms with Crippen molar-refractivity contribution < 1.29 is 14.3 Å². The summed E-state index contributed by atoms with van der Waals surface area (Å²) in [5.74, 6) is 1.32. The topological polar surface area (TPSA) is 35.5 Å². The van der Waals surface area contributed by atoms with E-state index >= 15 is 0 Å². The molecule has 0 aromatic heterocycles. The van der Waals surface area contributed by atoms with Crippen molar-refractivity contribution in [1.29, 1.82) is 0 Å². The summed E-state index contributed by atoms with van der Waals surface area (Å²) in [6.07, 6.45) is 0.480. The van der Waals surface area contributed by atoms with Crippen molar-refractivity contribution in [2.24, 2.45) is 0 Å². The maximum absolute atomic E-state index is 11.7. The van der Waals surface area contributed by atoms with Crippen LogP contribution in [0.25, 0.3) is 0 Å². The van der Waals surface area contributed by atoms with Crippen LogP contribution in [0.1, 0.15) is 29.3 Å². The van der Waals surface area contributed by atoms with E-state index < -0.39 is 0 Å². The van der Waals surface area contributed by atoms with E-state index in [0.717, 1.165) is 5.56 Å². The fraction of sp³-hybridized carbons (Fsp3) is 0.235. The molecule has 0 spiro atoms. The standard InChI is InChI=1S/C17H18O3/c1-3-15(18)14-9-10-16(17(11-14)19-2)20-12-13-7-5-4-6-8-13/h4-11H,3,12H2,1-2H3. The van der Waals surface area contributed by atoms with Gasteiger partial charge in [-0.05, 0) is 23.8 Å². The predicted molar refractivity (Wildman–Crippen MR) is 78.4 cm³/mol. The minimum absolute atomic E-state index is 0.0953. The molecule has 0 amide bonds. The van der Waals surface area contributed by atoms with E-state index in [1.165, 1.54) is 0 Å². The van der Waals surface area contributed by atoms with Crippen LogP contribution in [-0.4, -0.2) is 12.9 Å². The lowest BCUT2D eigenvalue weighted by molar-refractivity contribution is 0.0987. The number of carbonyl (C=O) groups is 1. The number of methoxy groups -OCH3 is 1. The van der Waals surface area contributed by atoms with Gasteiger partial charge >= 0.3 is 0 Å². The molecule has 0 atom stereocenters. The molecular formula is C17H18O3. The van der Waals surface area contributed by atoms with E-state index in [0.29, 0.717) is 30.1 Å². The smallest absolute Gasteiger partial charge is 0.162 e. The second kappa shape index (κ2) is 6.75. The van der Waals surface area contributed by atoms with Gasteiger partial charge in [0, 0.05) is 12.0 Å². The van der Waals surface area contributed by atoms with Crippen molar-refractivity contribution in [3.63, 3.8) is 0 Å². The average Bonchev–Trinajstić information content (AvgIpc) is 2.53. The third-order valence-electron chi connectivity index (χ3n) is 3.04. The largest absolute Gasteiger partial charge is 0.493 e. The highest BCUT2D eigenvalue weighted by Crippen LogP contribution is 2.29. The molecule has 0 aliphatic carbocycles. The minimum Gasteiger partial charge on any atom is -0.493 e. The molecule has 0 saturated carbocycles. The fourth-order valence-corrected chi connectivity index (χ4v) is 1.90. The molecule has 20 heavy (non-hydrogen) atoms. The van der Waals surface area contributed by atoms with Gasteiger partial charge in [0.25, 0.3) is 0 Å². The van der Waals surface area contributed by atoms with Crippen LogP contribution < -0.4 is 9.47 Å². The molecule has 3 heteroatoms. The zero-order valence-electron chi connectivity index (χ0n) is 11.8. The molecule has 0 heterocycles. The molecule has 2 aromatic carbocycles. The number of ether oxygens (including phenoxy) is 2. The first-order valence-electron chi connectivity index (χ1n) is 6.62. The number of rotatable bonds is 6. The molecule has 0 aliphatic heterocycles. The summed E-state index contributed by atoms with van der Waals surface area (Å²) in [4.78, 5) is 11.7. The fourth-order valence-electron chi connectivity index (χ4n) is 1.90. The predicted octanol–water partition coefficient (Wildman–Crippen LogP) is 3.87. The summed E-state index contributed by atoms with van der Waals surface area (Å²) in [6, 6.07) is 15.2. The van der Waals surface area contributed by atoms with E-state index in [2.05, 4.69) is 0 Å². The van der Waals surface area contributed by atoms with Crippen molar-refractivity contribution in [2.75, 3.05) is 7.11 Å². The van der Waals surface area contributed by atoms with Crippen molar-refractivity contribution in [1.82, 2.24) is 0 Å². The Labute approximate surface area is 119 Å². The van der Waals surface area contributed by atoms with Crippen LogP contribution >= 0.6 is 0 Å². The Kier molecular flexibility index (Phi) is 4.77. The van der Waals surface area contributed by atoms with Gasteiger partial charge in [0.05, 0.1) is 7.11 Å². The van der Waals surface area contributed by atoms with Crippen LogP contribution in [-0.2, 0) is 6.61 Å². The molecule has 2 rings (SSSR count). The second-order valence-corrected chi connectivity index (χ2v) is 4.42. The Morgan fingerprint density at radius 3 is 2.45 bits per heavy atom. The lowest BCUT2D eigenvalue weighted by Gasteiger charge is -2.11. The van der Waals surface area contributed by atoms with Gasteiger partial charge in [0.15, 0.2) is 17.3 Å². The van der Waals surface area contributed by atoms with Gasteiger partial charge in [0.2, 0.25) is 0 Å². The second-order valence-electron chi connectivity index (χ2n) is 4.42. The summed E-state index contributed by atoms with van der Waals surface area (Å²) in [7, 11) is 1.57. The lowest BCUT2D eigenvalue weighted by Crippen LogP contribution is -2.01. The van der Waals surface area contributed by atoms with Crippen molar-refractivity contribution in [3.8, 4) is 11.5 Å². The summed E-state index contributed by atoms with van der Waals surface area (Å²) >= 11 is 0. The maximum Gasteiger partial charge on any atom is 0.162 e. The Morgan fingerprint density at radius 2 is 1.80 bits per heavy atom. The van der Waals surface area contributed by atoms with Gasteiger partial charge in [0.1, 0.15) is 6.61 Å². The third-order valence-corrected chi connectivity index (χ3v) is 3.04. The van der Waals surface area contributed by atoms with E-state index in [-0.39, 0.29) is 5.78 Å². The van der Waals surface area contributed by atoms with Crippen molar-refractivity contribution in [2.45, 2.75) is 20.0 Å². The number of hydrogen-bond donors (Lipinski definition) is 0. The number of carbonyl (C=O) groups excluding carboxylic acids is 1. The first-order chi connectivity index (χ1) is 9.74. The highest BCUT2D eigenvalue weighted by Gasteiger charge is 2.10. The van der Waals surface area contributed by atoms with Gasteiger partial charge < -0.3 is 9.47 Å². The third kappa shape index (κ3) is 3.38. The average molecular weight is 270 g/mol. The molecule has 0 N–H and O–H groups in total. The lowest BCUT2D eigenvalue weighted by atomic mass is 10.1. The Hall–Kier alpha value is -2.29. The minimum atomic E-state index is 0.0953. The molecular weight excluding hydrogens is 252 g/mol. The van der Waals surface area contributed by atoms with Gasteiger partial charge in [-0.25, -0.2) is 0 Å². The van der Waals surface area contributed by atoms with E-state index in [1.54, 1.807) is 25.3 Å². The molecule has 0 radical (unpaired) electrons. The first kappa shape index (κ1) is 14.1. The highest BCUT2D eigenvalue weighted by molar-refractivity contribution is 5.96. The molecule has 0 aliphatic rings. The number of ketones is 1. The monoisotopic (exact) mass is 270 g/mol. The molecule has 2 aromatic rings. The van der Waals surface area contributed by atoms with Crippen LogP contribution in [0.3, 0.4) is 0 Å². The number of benzene rings is 2. The molecule has 3 nitrogen and oxygen atoms in total. The van der Waals surface area contributed by atoms with Crippen LogP contribution in [0.4, 0.5) is 0 Å². The Bertz CT molecular complexity index is 576. The SMILES string of the molecule is CCC(=O)c1ccc(OCc2ccccc2)c(OC)c1. The van der Waals surface area contributed by atoms with Gasteiger partial charge in [-0.2, -0.15) is 0 Å². The van der Waals surface area contributed by atoms with Gasteiger partial charge in [-0.3, -0.25) is 4.79 Å². The Balaban J connectivity index is 2.13. The van der Waals surface area contributed by atoms with Crippen molar-refractivity contribution in [3.05, 3.63) is 59.7 Å². The Morgan fingerprint density at radius 1 is 1.05 bits per heavy atom. The zero-order chi connectivity index (χ0) is 14.4. The van der Waals surface area contributed by atoms with Crippen molar-refractivity contribution >= 4 is 5.78 Å². The molecule has 0 fully saturated rings. The molecule has 0 saturated heterocycles. The van der Waals surface area contributed by atoms with E-state index in [9.17, 15) is 4.79 Å². The van der Waals surface area contributed by atoms with Crippen LogP contribution in [0, 0.1) is 0 Å². The number of hydrogen-bond acceptors (Lipinski definition) is 3. The first-order valence-corrected chi connectivity index (χ1v) is 6.62. The van der Waals surface area contributed by atoms with Crippen LogP contribution in [0.15, 0.2) is 48.5 Å². The quantitative estimate of drug-likeness (QED) is 0.747. The van der Waals surface area contributed by atoms with Gasteiger partial charge in [-0.15, -0.1) is 0 Å². The molecule has 0 bridgehead atoms. The summed E-state index contributed by atoms with van der Waals surface area (Å²) in [6.45, 7) is 2.31. The van der Waals surface area contributed by atoms with Gasteiger partial charge in [-0.1, -0.05) is 37.3 Å². The maximum atomic E-state index is 11.7. The molecule has 104 valence electrons. The van der Waals surface area contributed by atoms with Crippen LogP contribution in [0.2, 0.25) is 0 Å². The normalized spacial score (nSPS) is 10.1. The van der Waals surface area contributed by atoms with Crippen LogP contribution in [0.5, 0.6) is 11.5 Å². The highest BCUT2D eigenvalue weighted by atomic mass is 16.5. The summed E-state index contributed by atoms with van der Waals surface area (Å²) in [5.41, 5.74) is 1.74. The summed E-state index contributed by atoms with van der Waals surface area (Å²) < 4.78 is 11.0. The number of Topliss-reactive ketones (excluding diaryl/α,β-unsaturated/α-hetero) is 1. The summed E-state index contributed by atoms with van der Waals surface area (Å²) in [5, 5.41) is 0. The zero-order valence-corrected chi connectivity index (χ0v) is 11.8. The molecule has 0 unspecified atom stereocenters. The van der Waals surface area contributed by atoms with E-state index in [4.69, 9.17) is 9.47 Å². The van der Waals surface area contributed by atoms with E-state index in [1.807, 2.05) is 37.3 Å².